The standard InChI is InChI=1S/C22H34O/c1-14-12-22(5)15(13-20(14,2)3)6-7-16-17-8-9-19(23)21(17,4)11-10-18(16)22/h6,14,16-18H,7-13H2,1-5H3/t14?,16-,17-,18-,21-,22-/m0/s1. The molecular formula is C22H34O. The van der Waals surface area contributed by atoms with Crippen LogP contribution in [-0.2, 0) is 4.79 Å². The third kappa shape index (κ3) is 2.01. The van der Waals surface area contributed by atoms with E-state index in [2.05, 4.69) is 40.7 Å². The maximum atomic E-state index is 12.5. The Labute approximate surface area is 142 Å². The smallest absolute Gasteiger partial charge is 0.139 e. The summed E-state index contributed by atoms with van der Waals surface area (Å²) in [5.74, 6) is 3.61. The number of allylic oxidation sites excluding steroid dienone is 2. The lowest BCUT2D eigenvalue weighted by Crippen LogP contribution is -2.52. The highest BCUT2D eigenvalue weighted by Gasteiger charge is 2.59. The fourth-order valence-corrected chi connectivity index (χ4v) is 7.06. The predicted molar refractivity (Wildman–Crippen MR) is 95.0 cm³/mol. The zero-order valence-electron chi connectivity index (χ0n) is 15.7. The van der Waals surface area contributed by atoms with Crippen molar-refractivity contribution in [3.63, 3.8) is 0 Å². The van der Waals surface area contributed by atoms with E-state index >= 15 is 0 Å². The minimum Gasteiger partial charge on any atom is -0.299 e. The summed E-state index contributed by atoms with van der Waals surface area (Å²) >= 11 is 0. The van der Waals surface area contributed by atoms with Gasteiger partial charge < -0.3 is 0 Å². The molecule has 1 heteroatoms. The number of ketones is 1. The van der Waals surface area contributed by atoms with Crippen LogP contribution in [0.2, 0.25) is 0 Å². The van der Waals surface area contributed by atoms with Crippen molar-refractivity contribution < 1.29 is 4.79 Å². The third-order valence-corrected chi connectivity index (χ3v) is 9.04. The first-order valence-electron chi connectivity index (χ1n) is 9.91. The molecule has 4 rings (SSSR count). The van der Waals surface area contributed by atoms with Crippen LogP contribution in [0.5, 0.6) is 0 Å². The van der Waals surface area contributed by atoms with Crippen molar-refractivity contribution in [3.05, 3.63) is 11.6 Å². The van der Waals surface area contributed by atoms with E-state index in [4.69, 9.17) is 0 Å². The molecule has 0 aromatic rings. The Balaban J connectivity index is 1.70. The number of hydrogen-bond acceptors (Lipinski definition) is 1. The summed E-state index contributed by atoms with van der Waals surface area (Å²) in [6, 6.07) is 0. The lowest BCUT2D eigenvalue weighted by molar-refractivity contribution is -0.132. The lowest BCUT2D eigenvalue weighted by atomic mass is 9.45. The van der Waals surface area contributed by atoms with Gasteiger partial charge in [-0.2, -0.15) is 0 Å². The molecular weight excluding hydrogens is 280 g/mol. The molecule has 0 N–H and O–H groups in total. The van der Waals surface area contributed by atoms with Crippen molar-refractivity contribution in [1.82, 2.24) is 0 Å². The van der Waals surface area contributed by atoms with E-state index < -0.39 is 0 Å². The molecule has 0 saturated heterocycles. The van der Waals surface area contributed by atoms with Gasteiger partial charge >= 0.3 is 0 Å². The molecule has 4 aliphatic carbocycles. The average molecular weight is 315 g/mol. The highest BCUT2D eigenvalue weighted by atomic mass is 16.1. The van der Waals surface area contributed by atoms with Crippen LogP contribution in [0, 0.1) is 39.9 Å². The van der Waals surface area contributed by atoms with Gasteiger partial charge in [0.2, 0.25) is 0 Å². The Hall–Kier alpha value is -0.590. The summed E-state index contributed by atoms with van der Waals surface area (Å²) in [5.41, 5.74) is 2.63. The van der Waals surface area contributed by atoms with Gasteiger partial charge in [0.25, 0.3) is 0 Å². The molecule has 128 valence electrons. The molecule has 6 atom stereocenters. The molecule has 0 aliphatic heterocycles. The summed E-state index contributed by atoms with van der Waals surface area (Å²) in [6.07, 6.45) is 10.9. The van der Waals surface area contributed by atoms with E-state index in [1.165, 1.54) is 25.7 Å². The van der Waals surface area contributed by atoms with E-state index in [0.717, 1.165) is 37.0 Å². The number of fused-ring (bicyclic) bond motifs is 5. The first-order valence-corrected chi connectivity index (χ1v) is 9.91. The molecule has 0 amide bonds. The molecule has 1 unspecified atom stereocenters. The summed E-state index contributed by atoms with van der Waals surface area (Å²) < 4.78 is 0. The number of carbonyl (C=O) groups is 1. The van der Waals surface area contributed by atoms with Gasteiger partial charge in [-0.05, 0) is 73.0 Å². The van der Waals surface area contributed by atoms with Crippen LogP contribution in [-0.4, -0.2) is 5.78 Å². The van der Waals surface area contributed by atoms with Gasteiger partial charge in [0, 0.05) is 11.8 Å². The Morgan fingerprint density at radius 3 is 2.48 bits per heavy atom. The third-order valence-electron chi connectivity index (χ3n) is 9.04. The van der Waals surface area contributed by atoms with Crippen molar-refractivity contribution >= 4 is 5.78 Å². The molecule has 4 aliphatic rings. The minimum absolute atomic E-state index is 0.0163. The molecule has 3 saturated carbocycles. The summed E-state index contributed by atoms with van der Waals surface area (Å²) in [5, 5.41) is 0. The quantitative estimate of drug-likeness (QED) is 0.517. The van der Waals surface area contributed by atoms with E-state index in [0.29, 0.717) is 22.5 Å². The molecule has 0 bridgehead atoms. The van der Waals surface area contributed by atoms with E-state index in [-0.39, 0.29) is 5.41 Å². The Bertz CT molecular complexity index is 571. The van der Waals surface area contributed by atoms with Crippen molar-refractivity contribution in [1.29, 1.82) is 0 Å². The van der Waals surface area contributed by atoms with E-state index in [1.807, 2.05) is 0 Å². The van der Waals surface area contributed by atoms with E-state index in [1.54, 1.807) is 5.57 Å². The minimum atomic E-state index is 0.0163. The van der Waals surface area contributed by atoms with Crippen molar-refractivity contribution in [2.24, 2.45) is 39.9 Å². The predicted octanol–water partition coefficient (Wildman–Crippen LogP) is 5.79. The molecule has 0 spiro atoms. The Morgan fingerprint density at radius 1 is 1.04 bits per heavy atom. The molecule has 0 heterocycles. The van der Waals surface area contributed by atoms with Gasteiger partial charge in [0.15, 0.2) is 0 Å². The fraction of sp³-hybridized carbons (Fsp3) is 0.864. The zero-order chi connectivity index (χ0) is 16.6. The van der Waals surface area contributed by atoms with Crippen LogP contribution in [0.15, 0.2) is 11.6 Å². The normalized spacial score (nSPS) is 51.5. The first kappa shape index (κ1) is 15.9. The van der Waals surface area contributed by atoms with Gasteiger partial charge in [0.1, 0.15) is 5.78 Å². The van der Waals surface area contributed by atoms with E-state index in [9.17, 15) is 4.79 Å². The topological polar surface area (TPSA) is 17.1 Å². The molecule has 0 aromatic heterocycles. The van der Waals surface area contributed by atoms with Crippen LogP contribution in [0.1, 0.15) is 79.6 Å². The van der Waals surface area contributed by atoms with Crippen molar-refractivity contribution in [3.8, 4) is 0 Å². The monoisotopic (exact) mass is 314 g/mol. The van der Waals surface area contributed by atoms with Crippen molar-refractivity contribution in [2.45, 2.75) is 79.6 Å². The molecule has 3 fully saturated rings. The summed E-state index contributed by atoms with van der Waals surface area (Å²) in [4.78, 5) is 12.5. The lowest BCUT2D eigenvalue weighted by Gasteiger charge is -2.59. The Morgan fingerprint density at radius 2 is 1.74 bits per heavy atom. The highest BCUT2D eigenvalue weighted by molar-refractivity contribution is 5.87. The summed E-state index contributed by atoms with van der Waals surface area (Å²) in [7, 11) is 0. The van der Waals surface area contributed by atoms with Gasteiger partial charge in [-0.3, -0.25) is 4.79 Å². The summed E-state index contributed by atoms with van der Waals surface area (Å²) in [6.45, 7) is 12.2. The largest absolute Gasteiger partial charge is 0.299 e. The number of Topliss-reactive ketones (excluding diaryl/α,β-unsaturated/α-hetero) is 1. The maximum absolute atomic E-state index is 12.5. The average Bonchev–Trinajstić information content (AvgIpc) is 2.77. The zero-order valence-corrected chi connectivity index (χ0v) is 15.7. The van der Waals surface area contributed by atoms with Gasteiger partial charge in [-0.1, -0.05) is 46.3 Å². The van der Waals surface area contributed by atoms with Gasteiger partial charge in [-0.15, -0.1) is 0 Å². The highest BCUT2D eigenvalue weighted by Crippen LogP contribution is 2.66. The van der Waals surface area contributed by atoms with Crippen LogP contribution in [0.4, 0.5) is 0 Å². The van der Waals surface area contributed by atoms with Gasteiger partial charge in [-0.25, -0.2) is 0 Å². The number of rotatable bonds is 0. The number of hydrogen-bond donors (Lipinski definition) is 0. The molecule has 1 nitrogen and oxygen atoms in total. The molecule has 0 radical (unpaired) electrons. The second-order valence-corrected chi connectivity index (χ2v) is 10.4. The maximum Gasteiger partial charge on any atom is 0.139 e. The number of carbonyl (C=O) groups excluding carboxylic acids is 1. The SMILES string of the molecule is CC1C[C@@]2(C)C(=CC[C@@H]3[C@@H]2CC[C@]2(C)C(=O)CC[C@@H]32)CC1(C)C. The van der Waals surface area contributed by atoms with Crippen LogP contribution < -0.4 is 0 Å². The first-order chi connectivity index (χ1) is 10.7. The van der Waals surface area contributed by atoms with Crippen LogP contribution in [0.25, 0.3) is 0 Å². The fourth-order valence-electron chi connectivity index (χ4n) is 7.06. The Kier molecular flexibility index (Phi) is 3.27. The molecule has 23 heavy (non-hydrogen) atoms. The van der Waals surface area contributed by atoms with Crippen LogP contribution in [0.3, 0.4) is 0 Å². The van der Waals surface area contributed by atoms with Gasteiger partial charge in [0.05, 0.1) is 0 Å². The second-order valence-electron chi connectivity index (χ2n) is 10.4. The second kappa shape index (κ2) is 4.73. The van der Waals surface area contributed by atoms with Crippen LogP contribution >= 0.6 is 0 Å². The van der Waals surface area contributed by atoms with Crippen molar-refractivity contribution in [2.75, 3.05) is 0 Å². The molecule has 0 aromatic carbocycles.